The molecule has 1 N–H and O–H groups in total. The van der Waals surface area contributed by atoms with Crippen molar-refractivity contribution in [2.24, 2.45) is 0 Å². The van der Waals surface area contributed by atoms with Crippen molar-refractivity contribution in [1.29, 1.82) is 0 Å². The number of hydrogen-bond donors (Lipinski definition) is 1. The summed E-state index contributed by atoms with van der Waals surface area (Å²) in [4.78, 5) is 10.5. The largest absolute Gasteiger partial charge is 0.378 e. The van der Waals surface area contributed by atoms with Gasteiger partial charge in [0.25, 0.3) is 5.69 Å². The molecular formula is C14H18ClFN2O2S. The van der Waals surface area contributed by atoms with Crippen molar-refractivity contribution < 1.29 is 9.31 Å². The van der Waals surface area contributed by atoms with Gasteiger partial charge in [-0.2, -0.15) is 11.8 Å². The summed E-state index contributed by atoms with van der Waals surface area (Å²) in [5, 5.41) is 13.9. The van der Waals surface area contributed by atoms with Gasteiger partial charge in [-0.25, -0.2) is 4.39 Å². The van der Waals surface area contributed by atoms with Crippen LogP contribution in [-0.4, -0.2) is 22.5 Å². The molecule has 0 spiro atoms. The van der Waals surface area contributed by atoms with Gasteiger partial charge < -0.3 is 5.32 Å². The SMILES string of the molecule is CSC1(CNc2cc(F)c(Cl)cc2[N+](=O)[O-])CCCCC1. The van der Waals surface area contributed by atoms with Gasteiger partial charge in [-0.3, -0.25) is 10.1 Å². The third-order valence-electron chi connectivity index (χ3n) is 4.03. The van der Waals surface area contributed by atoms with Gasteiger partial charge in [0, 0.05) is 23.4 Å². The van der Waals surface area contributed by atoms with E-state index in [1.165, 1.54) is 19.3 Å². The zero-order chi connectivity index (χ0) is 15.5. The van der Waals surface area contributed by atoms with E-state index in [1.807, 2.05) is 0 Å². The number of nitro groups is 1. The van der Waals surface area contributed by atoms with E-state index in [1.54, 1.807) is 11.8 Å². The molecule has 0 aliphatic heterocycles. The summed E-state index contributed by atoms with van der Waals surface area (Å²) < 4.78 is 13.6. The Morgan fingerprint density at radius 3 is 2.67 bits per heavy atom. The summed E-state index contributed by atoms with van der Waals surface area (Å²) in [5.41, 5.74) is 0.00867. The van der Waals surface area contributed by atoms with Gasteiger partial charge in [0.1, 0.15) is 11.5 Å². The molecule has 0 saturated heterocycles. The Hall–Kier alpha value is -1.01. The Balaban J connectivity index is 2.18. The van der Waals surface area contributed by atoms with Crippen LogP contribution in [0.25, 0.3) is 0 Å². The van der Waals surface area contributed by atoms with Crippen molar-refractivity contribution in [3.63, 3.8) is 0 Å². The second-order valence-electron chi connectivity index (χ2n) is 5.34. The maximum Gasteiger partial charge on any atom is 0.294 e. The maximum absolute atomic E-state index is 13.6. The predicted octanol–water partition coefficient (Wildman–Crippen LogP) is 4.87. The van der Waals surface area contributed by atoms with Gasteiger partial charge in [0.2, 0.25) is 0 Å². The van der Waals surface area contributed by atoms with Gasteiger partial charge in [0.05, 0.1) is 9.95 Å². The normalized spacial score (nSPS) is 17.5. The number of benzene rings is 1. The van der Waals surface area contributed by atoms with Gasteiger partial charge in [-0.15, -0.1) is 0 Å². The molecule has 0 aromatic heterocycles. The monoisotopic (exact) mass is 332 g/mol. The molecule has 1 aromatic rings. The van der Waals surface area contributed by atoms with Crippen LogP contribution in [0, 0.1) is 15.9 Å². The Labute approximate surface area is 132 Å². The van der Waals surface area contributed by atoms with Crippen LogP contribution in [0.2, 0.25) is 5.02 Å². The van der Waals surface area contributed by atoms with Crippen molar-refractivity contribution in [1.82, 2.24) is 0 Å². The molecule has 0 atom stereocenters. The number of anilines is 1. The van der Waals surface area contributed by atoms with Crippen LogP contribution < -0.4 is 5.32 Å². The fourth-order valence-electron chi connectivity index (χ4n) is 2.73. The summed E-state index contributed by atoms with van der Waals surface area (Å²) in [7, 11) is 0. The van der Waals surface area contributed by atoms with E-state index in [9.17, 15) is 14.5 Å². The van der Waals surface area contributed by atoms with Crippen LogP contribution >= 0.6 is 23.4 Å². The summed E-state index contributed by atoms with van der Waals surface area (Å²) >= 11 is 7.40. The van der Waals surface area contributed by atoms with Crippen LogP contribution in [0.1, 0.15) is 32.1 Å². The molecule has 0 amide bonds. The highest BCUT2D eigenvalue weighted by molar-refractivity contribution is 8.00. The lowest BCUT2D eigenvalue weighted by Crippen LogP contribution is -2.35. The van der Waals surface area contributed by atoms with Crippen molar-refractivity contribution >= 4 is 34.7 Å². The zero-order valence-corrected chi connectivity index (χ0v) is 13.4. The van der Waals surface area contributed by atoms with Crippen molar-refractivity contribution in [2.45, 2.75) is 36.9 Å². The number of nitrogens with zero attached hydrogens (tertiary/aromatic N) is 1. The number of thioether (sulfide) groups is 1. The van der Waals surface area contributed by atoms with Gasteiger partial charge in [-0.05, 0) is 19.1 Å². The fraction of sp³-hybridized carbons (Fsp3) is 0.571. The highest BCUT2D eigenvalue weighted by atomic mass is 35.5. The van der Waals surface area contributed by atoms with E-state index in [2.05, 4.69) is 11.6 Å². The number of nitro benzene ring substituents is 1. The molecule has 0 heterocycles. The number of hydrogen-bond acceptors (Lipinski definition) is 4. The Morgan fingerprint density at radius 2 is 2.10 bits per heavy atom. The van der Waals surface area contributed by atoms with Crippen LogP contribution in [0.5, 0.6) is 0 Å². The van der Waals surface area contributed by atoms with E-state index in [4.69, 9.17) is 11.6 Å². The highest BCUT2D eigenvalue weighted by Gasteiger charge is 2.31. The third-order valence-corrected chi connectivity index (χ3v) is 5.74. The second-order valence-corrected chi connectivity index (χ2v) is 7.02. The standard InChI is InChI=1S/C14H18ClFN2O2S/c1-21-14(5-3-2-4-6-14)9-17-12-8-11(16)10(15)7-13(12)18(19)20/h7-8,17H,2-6,9H2,1H3. The summed E-state index contributed by atoms with van der Waals surface area (Å²) in [6.45, 7) is 0.593. The fourth-order valence-corrected chi connectivity index (χ4v) is 3.81. The smallest absolute Gasteiger partial charge is 0.294 e. The highest BCUT2D eigenvalue weighted by Crippen LogP contribution is 2.39. The van der Waals surface area contributed by atoms with Crippen molar-refractivity contribution in [3.05, 3.63) is 33.1 Å². The first-order valence-electron chi connectivity index (χ1n) is 6.90. The van der Waals surface area contributed by atoms with E-state index >= 15 is 0 Å². The first kappa shape index (κ1) is 16.4. The summed E-state index contributed by atoms with van der Waals surface area (Å²) in [6.07, 6.45) is 7.77. The molecule has 1 aliphatic carbocycles. The minimum Gasteiger partial charge on any atom is -0.378 e. The molecular weight excluding hydrogens is 315 g/mol. The first-order valence-corrected chi connectivity index (χ1v) is 8.50. The third kappa shape index (κ3) is 3.80. The Kier molecular flexibility index (Phi) is 5.32. The van der Waals surface area contributed by atoms with E-state index in [0.29, 0.717) is 6.54 Å². The zero-order valence-electron chi connectivity index (χ0n) is 11.8. The van der Waals surface area contributed by atoms with Crippen LogP contribution in [0.3, 0.4) is 0 Å². The Morgan fingerprint density at radius 1 is 1.43 bits per heavy atom. The van der Waals surface area contributed by atoms with Gasteiger partial charge in [0.15, 0.2) is 0 Å². The van der Waals surface area contributed by atoms with E-state index in [-0.39, 0.29) is 21.1 Å². The van der Waals surface area contributed by atoms with Gasteiger partial charge in [-0.1, -0.05) is 30.9 Å². The van der Waals surface area contributed by atoms with Crippen molar-refractivity contribution in [2.75, 3.05) is 18.1 Å². The molecule has 4 nitrogen and oxygen atoms in total. The maximum atomic E-state index is 13.6. The lowest BCUT2D eigenvalue weighted by molar-refractivity contribution is -0.384. The van der Waals surface area contributed by atoms with Crippen molar-refractivity contribution in [3.8, 4) is 0 Å². The van der Waals surface area contributed by atoms with E-state index < -0.39 is 10.7 Å². The van der Waals surface area contributed by atoms with Crippen LogP contribution in [0.4, 0.5) is 15.8 Å². The molecule has 116 valence electrons. The number of rotatable bonds is 5. The molecule has 1 fully saturated rings. The van der Waals surface area contributed by atoms with Crippen LogP contribution in [0.15, 0.2) is 12.1 Å². The molecule has 1 saturated carbocycles. The lowest BCUT2D eigenvalue weighted by atomic mass is 9.88. The lowest BCUT2D eigenvalue weighted by Gasteiger charge is -2.36. The molecule has 1 aliphatic rings. The number of nitrogens with one attached hydrogen (secondary N) is 1. The molecule has 21 heavy (non-hydrogen) atoms. The molecule has 7 heteroatoms. The topological polar surface area (TPSA) is 55.2 Å². The predicted molar refractivity (Wildman–Crippen MR) is 85.9 cm³/mol. The molecule has 0 radical (unpaired) electrons. The molecule has 0 unspecified atom stereocenters. The second kappa shape index (κ2) is 6.83. The minimum absolute atomic E-state index is 0.0717. The average molecular weight is 333 g/mol. The molecule has 1 aromatic carbocycles. The molecule has 2 rings (SSSR count). The summed E-state index contributed by atoms with van der Waals surface area (Å²) in [5.74, 6) is -0.647. The minimum atomic E-state index is -0.647. The van der Waals surface area contributed by atoms with E-state index in [0.717, 1.165) is 25.0 Å². The summed E-state index contributed by atoms with van der Waals surface area (Å²) in [6, 6.07) is 2.17. The first-order chi connectivity index (χ1) is 9.97. The average Bonchev–Trinajstić information content (AvgIpc) is 2.48. The molecule has 0 bridgehead atoms. The quantitative estimate of drug-likeness (QED) is 0.617. The van der Waals surface area contributed by atoms with Crippen LogP contribution in [-0.2, 0) is 0 Å². The number of halogens is 2. The van der Waals surface area contributed by atoms with Gasteiger partial charge >= 0.3 is 0 Å². The Bertz CT molecular complexity index is 536.